The monoisotopic (exact) mass is 321 g/mol. The van der Waals surface area contributed by atoms with Crippen molar-refractivity contribution in [1.82, 2.24) is 16.0 Å². The van der Waals surface area contributed by atoms with E-state index in [9.17, 15) is 4.79 Å². The van der Waals surface area contributed by atoms with E-state index < -0.39 is 5.91 Å². The first-order valence-electron chi connectivity index (χ1n) is 6.48. The number of fused-ring (bicyclic) bond motifs is 1. The van der Waals surface area contributed by atoms with Crippen molar-refractivity contribution in [2.45, 2.75) is 6.61 Å². The van der Waals surface area contributed by atoms with Crippen LogP contribution in [0.15, 0.2) is 45.1 Å². The molecular weight excluding hydrogens is 310 g/mol. The second kappa shape index (κ2) is 6.12. The van der Waals surface area contributed by atoms with Crippen LogP contribution >= 0.6 is 11.6 Å². The Bertz CT molecular complexity index is 706. The Balaban J connectivity index is 1.67. The molecule has 1 aromatic rings. The molecule has 3 rings (SSSR count). The lowest BCUT2D eigenvalue weighted by molar-refractivity contribution is 0.0933. The van der Waals surface area contributed by atoms with Gasteiger partial charge in [0.1, 0.15) is 11.8 Å². The summed E-state index contributed by atoms with van der Waals surface area (Å²) in [7, 11) is 0. The van der Waals surface area contributed by atoms with Gasteiger partial charge < -0.3 is 9.63 Å². The first-order chi connectivity index (χ1) is 10.7. The van der Waals surface area contributed by atoms with Gasteiger partial charge in [0, 0.05) is 12.0 Å². The largest absolute Gasteiger partial charge is 0.388 e. The normalized spacial score (nSPS) is 22.6. The van der Waals surface area contributed by atoms with E-state index in [1.54, 1.807) is 0 Å². The average Bonchev–Trinajstić information content (AvgIpc) is 3.03. The lowest BCUT2D eigenvalue weighted by atomic mass is 9.87. The molecule has 3 N–H and O–H groups in total. The first kappa shape index (κ1) is 14.5. The van der Waals surface area contributed by atoms with Crippen molar-refractivity contribution in [3.8, 4) is 0 Å². The lowest BCUT2D eigenvalue weighted by Gasteiger charge is -2.26. The van der Waals surface area contributed by atoms with E-state index in [1.165, 1.54) is 6.07 Å². The van der Waals surface area contributed by atoms with Crippen molar-refractivity contribution in [2.24, 2.45) is 22.0 Å². The Hall–Kier alpha value is -2.45. The number of aliphatic hydroxyl groups is 1. The molecule has 2 heterocycles. The number of hydrogen-bond donors (Lipinski definition) is 3. The molecular formula is C13H12ClN5O3. The van der Waals surface area contributed by atoms with Crippen molar-refractivity contribution in [1.29, 1.82) is 0 Å². The molecule has 0 fully saturated rings. The van der Waals surface area contributed by atoms with Gasteiger partial charge in [0.2, 0.25) is 0 Å². The van der Waals surface area contributed by atoms with Gasteiger partial charge in [0.05, 0.1) is 5.92 Å². The number of amides is 1. The van der Waals surface area contributed by atoms with Gasteiger partial charge in [-0.1, -0.05) is 41.1 Å². The minimum absolute atomic E-state index is 0.0464. The molecule has 2 atom stereocenters. The van der Waals surface area contributed by atoms with E-state index in [0.717, 1.165) is 0 Å². The number of allylic oxidation sites excluding steroid dienone is 3. The highest BCUT2D eigenvalue weighted by atomic mass is 35.5. The number of hydrogen-bond acceptors (Lipinski definition) is 7. The lowest BCUT2D eigenvalue weighted by Crippen LogP contribution is -2.47. The summed E-state index contributed by atoms with van der Waals surface area (Å²) in [6.45, 7) is -0.325. The van der Waals surface area contributed by atoms with Crippen molar-refractivity contribution in [2.75, 3.05) is 0 Å². The van der Waals surface area contributed by atoms with Gasteiger partial charge in [-0.15, -0.1) is 10.2 Å². The van der Waals surface area contributed by atoms with Crippen LogP contribution in [0.25, 0.3) is 0 Å². The Labute approximate surface area is 130 Å². The predicted octanol–water partition coefficient (Wildman–Crippen LogP) is 0.724. The molecule has 2 unspecified atom stereocenters. The smallest absolute Gasteiger partial charge is 0.291 e. The maximum atomic E-state index is 11.9. The Kier molecular flexibility index (Phi) is 4.03. The molecule has 8 nitrogen and oxygen atoms in total. The van der Waals surface area contributed by atoms with Crippen LogP contribution < -0.4 is 10.9 Å². The maximum absolute atomic E-state index is 11.9. The molecule has 114 valence electrons. The summed E-state index contributed by atoms with van der Waals surface area (Å²) in [6.07, 6.45) is 7.59. The van der Waals surface area contributed by atoms with Gasteiger partial charge in [0.15, 0.2) is 17.3 Å². The van der Waals surface area contributed by atoms with Gasteiger partial charge in [0.25, 0.3) is 5.91 Å². The molecule has 1 aromatic heterocycles. The molecule has 0 aromatic carbocycles. The fourth-order valence-electron chi connectivity index (χ4n) is 2.12. The number of nitrogens with zero attached hydrogens (tertiary/aromatic N) is 3. The quantitative estimate of drug-likeness (QED) is 0.695. The van der Waals surface area contributed by atoms with E-state index in [4.69, 9.17) is 21.2 Å². The van der Waals surface area contributed by atoms with Crippen LogP contribution in [0.2, 0.25) is 0 Å². The van der Waals surface area contributed by atoms with Gasteiger partial charge in [-0.3, -0.25) is 15.6 Å². The Morgan fingerprint density at radius 3 is 2.82 bits per heavy atom. The minimum atomic E-state index is -0.515. The molecule has 9 heteroatoms. The third-order valence-electron chi connectivity index (χ3n) is 3.23. The molecule has 0 bridgehead atoms. The van der Waals surface area contributed by atoms with Crippen LogP contribution in [0.1, 0.15) is 16.2 Å². The van der Waals surface area contributed by atoms with Crippen molar-refractivity contribution in [3.63, 3.8) is 0 Å². The van der Waals surface area contributed by atoms with Crippen LogP contribution in [0.5, 0.6) is 0 Å². The number of rotatable bonds is 2. The number of aliphatic hydroxyl groups excluding tert-OH is 1. The topological polar surface area (TPSA) is 112 Å². The van der Waals surface area contributed by atoms with Crippen LogP contribution in [-0.4, -0.2) is 27.2 Å². The summed E-state index contributed by atoms with van der Waals surface area (Å²) in [5.41, 5.74) is 5.23. The summed E-state index contributed by atoms with van der Waals surface area (Å²) in [4.78, 5) is 11.9. The number of hydrazine groups is 1. The zero-order chi connectivity index (χ0) is 15.5. The van der Waals surface area contributed by atoms with E-state index in [1.807, 2.05) is 24.3 Å². The van der Waals surface area contributed by atoms with Crippen LogP contribution in [0, 0.1) is 11.8 Å². The molecule has 2 aliphatic rings. The standard InChI is InChI=1S/C13H12ClN5O3/c14-11-8-3-1-2-4-9(8)12(16-15-11)17-18-13(21)10-5-7(6-20)22-19-10/h1-5,8-9,20H,6H2,(H,16,17)(H,18,21). The molecule has 22 heavy (non-hydrogen) atoms. The van der Waals surface area contributed by atoms with Crippen molar-refractivity contribution >= 4 is 28.5 Å². The summed E-state index contributed by atoms with van der Waals surface area (Å²) in [6, 6.07) is 1.35. The number of halogens is 1. The SMILES string of the molecule is O=C(NNC1=NN=C(Cl)C2C=CC=CC12)c1cc(CO)on1. The zero-order valence-electron chi connectivity index (χ0n) is 11.2. The summed E-state index contributed by atoms with van der Waals surface area (Å²) >= 11 is 6.03. The van der Waals surface area contributed by atoms with Gasteiger partial charge >= 0.3 is 0 Å². The van der Waals surface area contributed by atoms with Crippen molar-refractivity contribution in [3.05, 3.63) is 41.8 Å². The third-order valence-corrected chi connectivity index (χ3v) is 3.56. The first-order valence-corrected chi connectivity index (χ1v) is 6.85. The summed E-state index contributed by atoms with van der Waals surface area (Å²) < 4.78 is 4.75. The highest BCUT2D eigenvalue weighted by Crippen LogP contribution is 2.26. The minimum Gasteiger partial charge on any atom is -0.388 e. The van der Waals surface area contributed by atoms with Crippen molar-refractivity contribution < 1.29 is 14.4 Å². The van der Waals surface area contributed by atoms with Gasteiger partial charge in [-0.05, 0) is 0 Å². The van der Waals surface area contributed by atoms with Gasteiger partial charge in [-0.25, -0.2) is 0 Å². The third kappa shape index (κ3) is 2.78. The Morgan fingerprint density at radius 1 is 1.32 bits per heavy atom. The number of carbonyl (C=O) groups is 1. The summed E-state index contributed by atoms with van der Waals surface area (Å²) in [5.74, 6) is -0.0675. The van der Waals surface area contributed by atoms with E-state index in [0.29, 0.717) is 11.0 Å². The fraction of sp³-hybridized carbons (Fsp3) is 0.231. The molecule has 0 spiro atoms. The number of amidine groups is 1. The van der Waals surface area contributed by atoms with Crippen LogP contribution in [0.3, 0.4) is 0 Å². The van der Waals surface area contributed by atoms with E-state index in [-0.39, 0.29) is 29.9 Å². The van der Waals surface area contributed by atoms with Gasteiger partial charge in [-0.2, -0.15) is 0 Å². The highest BCUT2D eigenvalue weighted by molar-refractivity contribution is 6.66. The second-order valence-electron chi connectivity index (χ2n) is 4.65. The molecule has 0 radical (unpaired) electrons. The molecule has 1 aliphatic carbocycles. The second-order valence-corrected chi connectivity index (χ2v) is 5.03. The van der Waals surface area contributed by atoms with Crippen LogP contribution in [-0.2, 0) is 6.61 Å². The predicted molar refractivity (Wildman–Crippen MR) is 79.0 cm³/mol. The number of carbonyl (C=O) groups excluding carboxylic acids is 1. The fourth-order valence-corrected chi connectivity index (χ4v) is 2.36. The van der Waals surface area contributed by atoms with E-state index >= 15 is 0 Å². The Morgan fingerprint density at radius 2 is 2.09 bits per heavy atom. The average molecular weight is 322 g/mol. The van der Waals surface area contributed by atoms with E-state index in [2.05, 4.69) is 26.2 Å². The van der Waals surface area contributed by atoms with Crippen LogP contribution in [0.4, 0.5) is 0 Å². The highest BCUT2D eigenvalue weighted by Gasteiger charge is 2.31. The molecule has 0 saturated carbocycles. The summed E-state index contributed by atoms with van der Waals surface area (Å²) in [5, 5.41) is 20.6. The maximum Gasteiger partial charge on any atom is 0.291 e. The number of aromatic nitrogens is 1. The molecule has 0 saturated heterocycles. The zero-order valence-corrected chi connectivity index (χ0v) is 12.0. The number of nitrogens with one attached hydrogen (secondary N) is 2. The molecule has 1 aliphatic heterocycles. The molecule has 1 amide bonds.